The molecule has 0 spiro atoms. The maximum absolute atomic E-state index is 5.86. The van der Waals surface area contributed by atoms with E-state index in [1.807, 2.05) is 24.3 Å². The molecule has 1 aliphatic rings. The molecule has 1 heterocycles. The van der Waals surface area contributed by atoms with E-state index in [4.69, 9.17) is 10.5 Å². The van der Waals surface area contributed by atoms with Crippen molar-refractivity contribution in [2.45, 2.75) is 38.0 Å². The molecule has 1 aromatic carbocycles. The summed E-state index contributed by atoms with van der Waals surface area (Å²) in [4.78, 5) is 0. The second-order valence-corrected chi connectivity index (χ2v) is 5.47. The van der Waals surface area contributed by atoms with Crippen LogP contribution in [0.3, 0.4) is 0 Å². The standard InChI is InChI=1S/C13H19BrN2O/c1-9-2-7-13(17-9)12(8-15)16-11-5-3-10(14)4-6-11/h3-6,9,12-13,16H,2,7-8,15H2,1H3. The first-order chi connectivity index (χ1) is 8.19. The van der Waals surface area contributed by atoms with Crippen molar-refractivity contribution in [3.8, 4) is 0 Å². The van der Waals surface area contributed by atoms with Crippen LogP contribution < -0.4 is 11.1 Å². The zero-order valence-electron chi connectivity index (χ0n) is 10.0. The number of benzene rings is 1. The molecule has 3 N–H and O–H groups in total. The van der Waals surface area contributed by atoms with E-state index in [1.54, 1.807) is 0 Å². The van der Waals surface area contributed by atoms with Gasteiger partial charge in [-0.2, -0.15) is 0 Å². The number of nitrogens with two attached hydrogens (primary N) is 1. The van der Waals surface area contributed by atoms with Crippen LogP contribution in [0.1, 0.15) is 19.8 Å². The summed E-state index contributed by atoms with van der Waals surface area (Å²) in [5.41, 5.74) is 6.91. The summed E-state index contributed by atoms with van der Waals surface area (Å²) in [6.07, 6.45) is 2.81. The van der Waals surface area contributed by atoms with Gasteiger partial charge in [-0.05, 0) is 44.0 Å². The average molecular weight is 299 g/mol. The Hall–Kier alpha value is -0.580. The molecule has 94 valence electrons. The minimum atomic E-state index is 0.195. The van der Waals surface area contributed by atoms with Crippen molar-refractivity contribution < 1.29 is 4.74 Å². The molecule has 1 aliphatic heterocycles. The van der Waals surface area contributed by atoms with E-state index < -0.39 is 0 Å². The fraction of sp³-hybridized carbons (Fsp3) is 0.538. The zero-order valence-corrected chi connectivity index (χ0v) is 11.6. The van der Waals surface area contributed by atoms with Crippen LogP contribution in [0.5, 0.6) is 0 Å². The molecule has 0 aliphatic carbocycles. The van der Waals surface area contributed by atoms with Crippen molar-refractivity contribution in [3.05, 3.63) is 28.7 Å². The number of anilines is 1. The van der Waals surface area contributed by atoms with Gasteiger partial charge in [-0.3, -0.25) is 0 Å². The lowest BCUT2D eigenvalue weighted by atomic mass is 10.1. The lowest BCUT2D eigenvalue weighted by Gasteiger charge is -2.24. The molecule has 0 amide bonds. The number of halogens is 1. The normalized spacial score (nSPS) is 25.8. The van der Waals surface area contributed by atoms with Crippen molar-refractivity contribution >= 4 is 21.6 Å². The molecule has 3 atom stereocenters. The van der Waals surface area contributed by atoms with E-state index in [9.17, 15) is 0 Å². The summed E-state index contributed by atoms with van der Waals surface area (Å²) >= 11 is 3.43. The first-order valence-electron chi connectivity index (χ1n) is 6.06. The highest BCUT2D eigenvalue weighted by Crippen LogP contribution is 2.24. The minimum Gasteiger partial charge on any atom is -0.378 e. The van der Waals surface area contributed by atoms with Crippen LogP contribution in [0.15, 0.2) is 28.7 Å². The predicted octanol–water partition coefficient (Wildman–Crippen LogP) is 2.76. The van der Waals surface area contributed by atoms with Crippen molar-refractivity contribution in [2.75, 3.05) is 11.9 Å². The van der Waals surface area contributed by atoms with Crippen LogP contribution in [-0.4, -0.2) is 24.8 Å². The number of hydrogen-bond acceptors (Lipinski definition) is 3. The Labute approximate surface area is 111 Å². The zero-order chi connectivity index (χ0) is 12.3. The van der Waals surface area contributed by atoms with Gasteiger partial charge in [-0.25, -0.2) is 0 Å². The van der Waals surface area contributed by atoms with Gasteiger partial charge >= 0.3 is 0 Å². The summed E-state index contributed by atoms with van der Waals surface area (Å²) < 4.78 is 6.94. The van der Waals surface area contributed by atoms with E-state index in [1.165, 1.54) is 0 Å². The summed E-state index contributed by atoms with van der Waals surface area (Å²) in [7, 11) is 0. The third kappa shape index (κ3) is 3.44. The van der Waals surface area contributed by atoms with E-state index in [0.717, 1.165) is 23.0 Å². The van der Waals surface area contributed by atoms with Gasteiger partial charge < -0.3 is 15.8 Å². The highest BCUT2D eigenvalue weighted by atomic mass is 79.9. The molecule has 1 aromatic rings. The summed E-state index contributed by atoms with van der Waals surface area (Å²) in [6.45, 7) is 2.71. The Bertz CT molecular complexity index is 355. The highest BCUT2D eigenvalue weighted by Gasteiger charge is 2.28. The molecule has 3 unspecified atom stereocenters. The summed E-state index contributed by atoms with van der Waals surface area (Å²) in [6, 6.07) is 8.33. The van der Waals surface area contributed by atoms with Crippen molar-refractivity contribution in [3.63, 3.8) is 0 Å². The lowest BCUT2D eigenvalue weighted by molar-refractivity contribution is 0.0460. The Kier molecular flexibility index (Phi) is 4.42. The van der Waals surface area contributed by atoms with Gasteiger partial charge in [-0.1, -0.05) is 15.9 Å². The monoisotopic (exact) mass is 298 g/mol. The molecular weight excluding hydrogens is 280 g/mol. The van der Waals surface area contributed by atoms with Crippen LogP contribution in [0, 0.1) is 0 Å². The lowest BCUT2D eigenvalue weighted by Crippen LogP contribution is -2.40. The van der Waals surface area contributed by atoms with E-state index in [-0.39, 0.29) is 12.1 Å². The van der Waals surface area contributed by atoms with Gasteiger partial charge in [-0.15, -0.1) is 0 Å². The minimum absolute atomic E-state index is 0.195. The fourth-order valence-corrected chi connectivity index (χ4v) is 2.46. The first-order valence-corrected chi connectivity index (χ1v) is 6.86. The Morgan fingerprint density at radius 2 is 2.12 bits per heavy atom. The molecule has 0 radical (unpaired) electrons. The van der Waals surface area contributed by atoms with E-state index in [2.05, 4.69) is 28.2 Å². The number of rotatable bonds is 4. The van der Waals surface area contributed by atoms with Gasteiger partial charge in [0.05, 0.1) is 18.2 Å². The van der Waals surface area contributed by atoms with Crippen LogP contribution in [0.4, 0.5) is 5.69 Å². The Balaban J connectivity index is 1.97. The second-order valence-electron chi connectivity index (χ2n) is 4.56. The summed E-state index contributed by atoms with van der Waals surface area (Å²) in [5, 5.41) is 3.45. The predicted molar refractivity (Wildman–Crippen MR) is 74.2 cm³/mol. The average Bonchev–Trinajstić information content (AvgIpc) is 2.75. The first kappa shape index (κ1) is 12.9. The number of nitrogens with one attached hydrogen (secondary N) is 1. The molecule has 1 saturated heterocycles. The van der Waals surface area contributed by atoms with E-state index >= 15 is 0 Å². The van der Waals surface area contributed by atoms with Gasteiger partial charge in [0, 0.05) is 16.7 Å². The van der Waals surface area contributed by atoms with Gasteiger partial charge in [0.2, 0.25) is 0 Å². The third-order valence-electron chi connectivity index (χ3n) is 3.16. The van der Waals surface area contributed by atoms with Gasteiger partial charge in [0.25, 0.3) is 0 Å². The van der Waals surface area contributed by atoms with Crippen LogP contribution >= 0.6 is 15.9 Å². The van der Waals surface area contributed by atoms with Crippen LogP contribution in [0.2, 0.25) is 0 Å². The molecule has 3 nitrogen and oxygen atoms in total. The van der Waals surface area contributed by atoms with Crippen LogP contribution in [-0.2, 0) is 4.74 Å². The number of hydrogen-bond donors (Lipinski definition) is 2. The molecule has 2 rings (SSSR count). The van der Waals surface area contributed by atoms with Gasteiger partial charge in [0.15, 0.2) is 0 Å². The molecule has 1 fully saturated rings. The fourth-order valence-electron chi connectivity index (χ4n) is 2.19. The van der Waals surface area contributed by atoms with Crippen molar-refractivity contribution in [1.29, 1.82) is 0 Å². The van der Waals surface area contributed by atoms with E-state index in [0.29, 0.717) is 12.6 Å². The topological polar surface area (TPSA) is 47.3 Å². The molecule has 17 heavy (non-hydrogen) atoms. The quantitative estimate of drug-likeness (QED) is 0.898. The Morgan fingerprint density at radius 1 is 1.41 bits per heavy atom. The maximum Gasteiger partial charge on any atom is 0.0792 e. The second kappa shape index (κ2) is 5.85. The molecule has 4 heteroatoms. The summed E-state index contributed by atoms with van der Waals surface area (Å²) in [5.74, 6) is 0. The smallest absolute Gasteiger partial charge is 0.0792 e. The van der Waals surface area contributed by atoms with Gasteiger partial charge in [0.1, 0.15) is 0 Å². The molecular formula is C13H19BrN2O. The largest absolute Gasteiger partial charge is 0.378 e. The SMILES string of the molecule is CC1CCC(C(CN)Nc2ccc(Br)cc2)O1. The van der Waals surface area contributed by atoms with Crippen LogP contribution in [0.25, 0.3) is 0 Å². The molecule has 0 saturated carbocycles. The molecule has 0 aromatic heterocycles. The van der Waals surface area contributed by atoms with Crippen molar-refractivity contribution in [2.24, 2.45) is 5.73 Å². The number of ether oxygens (including phenoxy) is 1. The Morgan fingerprint density at radius 3 is 2.65 bits per heavy atom. The van der Waals surface area contributed by atoms with Crippen molar-refractivity contribution in [1.82, 2.24) is 0 Å². The third-order valence-corrected chi connectivity index (χ3v) is 3.69. The highest BCUT2D eigenvalue weighted by molar-refractivity contribution is 9.10. The molecule has 0 bridgehead atoms. The maximum atomic E-state index is 5.86.